The third-order valence-corrected chi connectivity index (χ3v) is 6.44. The summed E-state index contributed by atoms with van der Waals surface area (Å²) in [5.41, 5.74) is 1.33. The van der Waals surface area contributed by atoms with Gasteiger partial charge in [-0.05, 0) is 56.6 Å². The first-order chi connectivity index (χ1) is 15.3. The molecule has 0 bridgehead atoms. The molecule has 0 aliphatic rings. The number of nitrogens with one attached hydrogen (secondary N) is 2. The molecule has 1 aromatic heterocycles. The van der Waals surface area contributed by atoms with Crippen molar-refractivity contribution in [2.24, 2.45) is 0 Å². The second-order valence-electron chi connectivity index (χ2n) is 7.36. The molecule has 0 saturated carbocycles. The van der Waals surface area contributed by atoms with Gasteiger partial charge in [-0.3, -0.25) is 4.79 Å². The number of ether oxygens (including phenoxy) is 1. The Kier molecular flexibility index (Phi) is 7.68. The van der Waals surface area contributed by atoms with E-state index in [4.69, 9.17) is 9.15 Å². The summed E-state index contributed by atoms with van der Waals surface area (Å²) in [5, 5.41) is 2.92. The largest absolute Gasteiger partial charge is 0.496 e. The zero-order chi connectivity index (χ0) is 23.1. The van der Waals surface area contributed by atoms with E-state index >= 15 is 0 Å². The van der Waals surface area contributed by atoms with Crippen molar-refractivity contribution in [3.05, 3.63) is 83.8 Å². The average Bonchev–Trinajstić information content (AvgIpc) is 3.32. The molecule has 0 saturated heterocycles. The third kappa shape index (κ3) is 5.76. The summed E-state index contributed by atoms with van der Waals surface area (Å²) in [6.07, 6.45) is 1.48. The number of para-hydroxylation sites is 1. The van der Waals surface area contributed by atoms with Gasteiger partial charge in [0, 0.05) is 17.7 Å². The fourth-order valence-electron chi connectivity index (χ4n) is 3.25. The van der Waals surface area contributed by atoms with E-state index in [0.29, 0.717) is 17.9 Å². The number of carbonyl (C=O) groups excluding carboxylic acids is 1. The molecule has 170 valence electrons. The van der Waals surface area contributed by atoms with Crippen molar-refractivity contribution in [2.45, 2.75) is 17.5 Å². The van der Waals surface area contributed by atoms with Crippen LogP contribution in [-0.4, -0.2) is 47.0 Å². The van der Waals surface area contributed by atoms with Crippen molar-refractivity contribution in [2.75, 3.05) is 27.7 Å². The standard InChI is InChI=1S/C23H27N3O5S/c1-26(2)21(20-8-4-5-9-22(20)30-3)16-24-23(27)17-10-12-19(13-11-17)32(28,29)25-15-18-7-6-14-31-18/h4-14,21,25H,15-16H2,1-3H3,(H,24,27)/t21-/m0/s1. The maximum atomic E-state index is 12.7. The molecule has 2 aromatic carbocycles. The Morgan fingerprint density at radius 3 is 2.41 bits per heavy atom. The molecule has 1 atom stereocenters. The fraction of sp³-hybridized carbons (Fsp3) is 0.261. The minimum Gasteiger partial charge on any atom is -0.496 e. The van der Waals surface area contributed by atoms with Crippen LogP contribution in [0.25, 0.3) is 0 Å². The third-order valence-electron chi connectivity index (χ3n) is 5.02. The highest BCUT2D eigenvalue weighted by molar-refractivity contribution is 7.89. The van der Waals surface area contributed by atoms with Crippen molar-refractivity contribution in [3.63, 3.8) is 0 Å². The van der Waals surface area contributed by atoms with Crippen LogP contribution in [0.4, 0.5) is 0 Å². The van der Waals surface area contributed by atoms with E-state index in [2.05, 4.69) is 10.0 Å². The molecule has 3 rings (SSSR count). The molecule has 32 heavy (non-hydrogen) atoms. The minimum absolute atomic E-state index is 0.0481. The van der Waals surface area contributed by atoms with Crippen LogP contribution in [0.2, 0.25) is 0 Å². The maximum absolute atomic E-state index is 12.7. The molecule has 1 amide bonds. The van der Waals surface area contributed by atoms with Crippen molar-refractivity contribution >= 4 is 15.9 Å². The first-order valence-corrected chi connectivity index (χ1v) is 11.5. The first kappa shape index (κ1) is 23.5. The number of carbonyl (C=O) groups is 1. The lowest BCUT2D eigenvalue weighted by Crippen LogP contribution is -2.34. The maximum Gasteiger partial charge on any atom is 0.251 e. The first-order valence-electron chi connectivity index (χ1n) is 10.0. The molecule has 0 aliphatic heterocycles. The lowest BCUT2D eigenvalue weighted by Gasteiger charge is -2.26. The molecule has 0 radical (unpaired) electrons. The molecule has 3 aromatic rings. The van der Waals surface area contributed by atoms with Gasteiger partial charge in [0.1, 0.15) is 11.5 Å². The summed E-state index contributed by atoms with van der Waals surface area (Å²) in [7, 11) is 1.75. The summed E-state index contributed by atoms with van der Waals surface area (Å²) in [4.78, 5) is 14.7. The zero-order valence-electron chi connectivity index (χ0n) is 18.2. The van der Waals surface area contributed by atoms with E-state index in [-0.39, 0.29) is 23.4 Å². The van der Waals surface area contributed by atoms with E-state index in [1.807, 2.05) is 43.3 Å². The number of nitrogens with zero attached hydrogens (tertiary/aromatic N) is 1. The summed E-state index contributed by atoms with van der Waals surface area (Å²) < 4.78 is 37.9. The van der Waals surface area contributed by atoms with Gasteiger partial charge >= 0.3 is 0 Å². The van der Waals surface area contributed by atoms with E-state index in [1.165, 1.54) is 30.5 Å². The van der Waals surface area contributed by atoms with Gasteiger partial charge in [0.2, 0.25) is 10.0 Å². The van der Waals surface area contributed by atoms with Crippen LogP contribution in [0.5, 0.6) is 5.75 Å². The highest BCUT2D eigenvalue weighted by Crippen LogP contribution is 2.27. The van der Waals surface area contributed by atoms with Crippen LogP contribution in [0, 0.1) is 0 Å². The van der Waals surface area contributed by atoms with Gasteiger partial charge in [0.05, 0.1) is 30.9 Å². The molecular weight excluding hydrogens is 430 g/mol. The number of likely N-dealkylation sites (N-methyl/N-ethyl adjacent to an activating group) is 1. The average molecular weight is 458 g/mol. The Balaban J connectivity index is 1.65. The Labute approximate surface area is 188 Å². The topological polar surface area (TPSA) is 101 Å². The van der Waals surface area contributed by atoms with Gasteiger partial charge in [-0.2, -0.15) is 0 Å². The highest BCUT2D eigenvalue weighted by atomic mass is 32.2. The Bertz CT molecular complexity index is 1130. The van der Waals surface area contributed by atoms with Crippen LogP contribution in [0.1, 0.15) is 27.7 Å². The molecule has 2 N–H and O–H groups in total. The highest BCUT2D eigenvalue weighted by Gasteiger charge is 2.20. The summed E-state index contributed by atoms with van der Waals surface area (Å²) in [5.74, 6) is 0.964. The van der Waals surface area contributed by atoms with Gasteiger partial charge < -0.3 is 19.4 Å². The number of hydrogen-bond acceptors (Lipinski definition) is 6. The fourth-order valence-corrected chi connectivity index (χ4v) is 4.25. The van der Waals surface area contributed by atoms with Crippen molar-refractivity contribution in [1.29, 1.82) is 0 Å². The Hall–Kier alpha value is -3.14. The van der Waals surface area contributed by atoms with Crippen LogP contribution < -0.4 is 14.8 Å². The Morgan fingerprint density at radius 2 is 1.78 bits per heavy atom. The van der Waals surface area contributed by atoms with Crippen molar-refractivity contribution in [1.82, 2.24) is 14.9 Å². The van der Waals surface area contributed by atoms with Gasteiger partial charge in [-0.15, -0.1) is 0 Å². The van der Waals surface area contributed by atoms with Crippen molar-refractivity contribution in [3.8, 4) is 5.75 Å². The second-order valence-corrected chi connectivity index (χ2v) is 9.13. The Morgan fingerprint density at radius 1 is 1.06 bits per heavy atom. The van der Waals surface area contributed by atoms with E-state index in [1.54, 1.807) is 19.2 Å². The van der Waals surface area contributed by atoms with Crippen LogP contribution in [0.15, 0.2) is 76.2 Å². The molecular formula is C23H27N3O5S. The molecule has 8 nitrogen and oxygen atoms in total. The normalized spacial score (nSPS) is 12.5. The van der Waals surface area contributed by atoms with E-state index < -0.39 is 10.0 Å². The number of methoxy groups -OCH3 is 1. The predicted octanol–water partition coefficient (Wildman–Crippen LogP) is 2.80. The molecule has 0 unspecified atom stereocenters. The number of sulfonamides is 1. The monoisotopic (exact) mass is 457 g/mol. The number of hydrogen-bond donors (Lipinski definition) is 2. The number of amides is 1. The number of furan rings is 1. The SMILES string of the molecule is COc1ccccc1[C@H](CNC(=O)c1ccc(S(=O)(=O)NCc2ccco2)cc1)N(C)C. The predicted molar refractivity (Wildman–Crippen MR) is 121 cm³/mol. The molecule has 0 spiro atoms. The summed E-state index contributed by atoms with van der Waals surface area (Å²) >= 11 is 0. The number of benzene rings is 2. The summed E-state index contributed by atoms with van der Waals surface area (Å²) in [6, 6.07) is 16.7. The lowest BCUT2D eigenvalue weighted by atomic mass is 10.0. The van der Waals surface area contributed by atoms with Gasteiger partial charge in [0.15, 0.2) is 0 Å². The number of rotatable bonds is 10. The minimum atomic E-state index is -3.72. The van der Waals surface area contributed by atoms with Crippen molar-refractivity contribution < 1.29 is 22.4 Å². The summed E-state index contributed by atoms with van der Waals surface area (Å²) in [6.45, 7) is 0.406. The molecule has 1 heterocycles. The van der Waals surface area contributed by atoms with Crippen LogP contribution in [-0.2, 0) is 16.6 Å². The zero-order valence-corrected chi connectivity index (χ0v) is 19.1. The molecule has 9 heteroatoms. The lowest BCUT2D eigenvalue weighted by molar-refractivity contribution is 0.0941. The quantitative estimate of drug-likeness (QED) is 0.486. The van der Waals surface area contributed by atoms with E-state index in [9.17, 15) is 13.2 Å². The van der Waals surface area contributed by atoms with E-state index in [0.717, 1.165) is 11.3 Å². The van der Waals surface area contributed by atoms with Gasteiger partial charge in [0.25, 0.3) is 5.91 Å². The van der Waals surface area contributed by atoms with Gasteiger partial charge in [-0.25, -0.2) is 13.1 Å². The van der Waals surface area contributed by atoms with Gasteiger partial charge in [-0.1, -0.05) is 18.2 Å². The smallest absolute Gasteiger partial charge is 0.251 e. The molecule has 0 fully saturated rings. The second kappa shape index (κ2) is 10.4. The molecule has 0 aliphatic carbocycles. The van der Waals surface area contributed by atoms with Crippen LogP contribution in [0.3, 0.4) is 0 Å². The van der Waals surface area contributed by atoms with Crippen LogP contribution >= 0.6 is 0 Å².